The smallest absolute Gasteiger partial charge is 0.214 e. The monoisotopic (exact) mass is 385 g/mol. The highest BCUT2D eigenvalue weighted by atomic mass is 16.5. The Labute approximate surface area is 172 Å². The molecule has 0 spiro atoms. The molecule has 29 heavy (non-hydrogen) atoms. The number of ether oxygens (including phenoxy) is 1. The van der Waals surface area contributed by atoms with Gasteiger partial charge >= 0.3 is 0 Å². The first-order valence-electron chi connectivity index (χ1n) is 10.5. The minimum Gasteiger partial charge on any atom is -0.474 e. The second-order valence-electron chi connectivity index (χ2n) is 9.20. The summed E-state index contributed by atoms with van der Waals surface area (Å²) in [6.07, 6.45) is 5.70. The molecule has 2 bridgehead atoms. The average Bonchev–Trinajstić information content (AvgIpc) is 3.08. The Kier molecular flexibility index (Phi) is 4.19. The minimum absolute atomic E-state index is 0.215. The van der Waals surface area contributed by atoms with Crippen LogP contribution in [0.5, 0.6) is 5.88 Å². The zero-order valence-corrected chi connectivity index (χ0v) is 17.3. The lowest BCUT2D eigenvalue weighted by atomic mass is 9.70. The van der Waals surface area contributed by atoms with Gasteiger partial charge in [0.15, 0.2) is 0 Å². The summed E-state index contributed by atoms with van der Waals surface area (Å²) in [6, 6.07) is 17.8. The van der Waals surface area contributed by atoms with E-state index in [-0.39, 0.29) is 11.5 Å². The molecule has 0 N–H and O–H groups in total. The Morgan fingerprint density at radius 2 is 1.52 bits per heavy atom. The van der Waals surface area contributed by atoms with Crippen LogP contribution in [-0.2, 0) is 0 Å². The molecule has 0 radical (unpaired) electrons. The predicted molar refractivity (Wildman–Crippen MR) is 114 cm³/mol. The highest BCUT2D eigenvalue weighted by Gasteiger charge is 2.62. The van der Waals surface area contributed by atoms with Crippen molar-refractivity contribution in [1.82, 2.24) is 15.0 Å². The van der Waals surface area contributed by atoms with Crippen molar-refractivity contribution >= 4 is 0 Å². The average molecular weight is 386 g/mol. The molecule has 0 saturated heterocycles. The van der Waals surface area contributed by atoms with Gasteiger partial charge in [-0.25, -0.2) is 9.97 Å². The summed E-state index contributed by atoms with van der Waals surface area (Å²) < 4.78 is 6.47. The number of hydrogen-bond acceptors (Lipinski definition) is 4. The Balaban J connectivity index is 1.42. The standard InChI is InChI=1S/C25H27N3O/c1-24(2)17-13-14-25(24,3)22(16-17)29-23-12-7-11-21(28-23)20-10-6-9-19(27-20)18-8-4-5-15-26-18/h4-12,15,17,22H,13-14,16H2,1-3H3/t17-,22-,25+/m1/s1. The molecule has 0 unspecified atom stereocenters. The maximum absolute atomic E-state index is 6.47. The van der Waals surface area contributed by atoms with E-state index in [4.69, 9.17) is 14.7 Å². The summed E-state index contributed by atoms with van der Waals surface area (Å²) in [5.74, 6) is 1.44. The number of pyridine rings is 3. The fraction of sp³-hybridized carbons (Fsp3) is 0.400. The van der Waals surface area contributed by atoms with Gasteiger partial charge in [0, 0.05) is 17.7 Å². The van der Waals surface area contributed by atoms with E-state index in [0.717, 1.165) is 35.1 Å². The number of rotatable bonds is 4. The molecule has 2 fully saturated rings. The van der Waals surface area contributed by atoms with Gasteiger partial charge in [-0.15, -0.1) is 0 Å². The second-order valence-corrected chi connectivity index (χ2v) is 9.20. The van der Waals surface area contributed by atoms with E-state index >= 15 is 0 Å². The number of nitrogens with zero attached hydrogens (tertiary/aromatic N) is 3. The highest BCUT2D eigenvalue weighted by Crippen LogP contribution is 2.66. The van der Waals surface area contributed by atoms with Gasteiger partial charge in [-0.05, 0) is 60.9 Å². The van der Waals surface area contributed by atoms with Crippen molar-refractivity contribution in [3.63, 3.8) is 0 Å². The topological polar surface area (TPSA) is 47.9 Å². The highest BCUT2D eigenvalue weighted by molar-refractivity contribution is 5.61. The summed E-state index contributed by atoms with van der Waals surface area (Å²) >= 11 is 0. The van der Waals surface area contributed by atoms with Crippen LogP contribution in [0.2, 0.25) is 0 Å². The molecule has 2 aliphatic carbocycles. The number of aromatic nitrogens is 3. The maximum Gasteiger partial charge on any atom is 0.214 e. The molecule has 0 aliphatic heterocycles. The molecule has 2 saturated carbocycles. The zero-order chi connectivity index (χ0) is 20.1. The molecular weight excluding hydrogens is 358 g/mol. The summed E-state index contributed by atoms with van der Waals surface area (Å²) in [6.45, 7) is 7.21. The van der Waals surface area contributed by atoms with Gasteiger partial charge in [0.2, 0.25) is 5.88 Å². The van der Waals surface area contributed by atoms with Crippen LogP contribution < -0.4 is 4.74 Å². The van der Waals surface area contributed by atoms with Crippen molar-refractivity contribution in [3.8, 4) is 28.7 Å². The van der Waals surface area contributed by atoms with E-state index in [2.05, 4.69) is 25.8 Å². The van der Waals surface area contributed by atoms with Gasteiger partial charge in [-0.2, -0.15) is 0 Å². The van der Waals surface area contributed by atoms with Gasteiger partial charge in [-0.3, -0.25) is 4.98 Å². The molecule has 0 amide bonds. The third-order valence-electron chi connectivity index (χ3n) is 7.64. The maximum atomic E-state index is 6.47. The van der Waals surface area contributed by atoms with Crippen LogP contribution in [0.4, 0.5) is 0 Å². The van der Waals surface area contributed by atoms with Crippen LogP contribution in [-0.4, -0.2) is 21.1 Å². The van der Waals surface area contributed by atoms with Crippen LogP contribution in [0.25, 0.3) is 22.8 Å². The van der Waals surface area contributed by atoms with Gasteiger partial charge in [-0.1, -0.05) is 39.0 Å². The quantitative estimate of drug-likeness (QED) is 0.569. The summed E-state index contributed by atoms with van der Waals surface area (Å²) in [5.41, 5.74) is 3.91. The molecular formula is C25H27N3O. The molecule has 3 aromatic rings. The van der Waals surface area contributed by atoms with Gasteiger partial charge in [0.1, 0.15) is 6.10 Å². The van der Waals surface area contributed by atoms with Crippen molar-refractivity contribution in [2.45, 2.75) is 46.1 Å². The summed E-state index contributed by atoms with van der Waals surface area (Å²) in [5, 5.41) is 0. The molecule has 3 atom stereocenters. The van der Waals surface area contributed by atoms with Crippen molar-refractivity contribution in [2.75, 3.05) is 0 Å². The fourth-order valence-corrected chi connectivity index (χ4v) is 5.31. The minimum atomic E-state index is 0.215. The molecule has 148 valence electrons. The van der Waals surface area contributed by atoms with Gasteiger partial charge in [0.05, 0.1) is 22.8 Å². The first-order chi connectivity index (χ1) is 14.0. The van der Waals surface area contributed by atoms with Crippen LogP contribution in [0.15, 0.2) is 60.8 Å². The SMILES string of the molecule is CC1(C)[C@@H]2CC[C@@]1(C)[C@H](Oc1cccc(-c3cccc(-c4ccccn4)n3)n1)C2. The predicted octanol–water partition coefficient (Wildman–Crippen LogP) is 5.80. The van der Waals surface area contributed by atoms with Crippen molar-refractivity contribution in [2.24, 2.45) is 16.7 Å². The first kappa shape index (κ1) is 18.3. The Bertz CT molecular complexity index is 1030. The summed E-state index contributed by atoms with van der Waals surface area (Å²) in [7, 11) is 0. The lowest BCUT2D eigenvalue weighted by Gasteiger charge is -2.38. The van der Waals surface area contributed by atoms with E-state index in [0.29, 0.717) is 11.3 Å². The van der Waals surface area contributed by atoms with Crippen LogP contribution in [0.3, 0.4) is 0 Å². The van der Waals surface area contributed by atoms with E-state index < -0.39 is 0 Å². The van der Waals surface area contributed by atoms with Crippen molar-refractivity contribution in [3.05, 3.63) is 60.8 Å². The van der Waals surface area contributed by atoms with Crippen LogP contribution in [0.1, 0.15) is 40.0 Å². The molecule has 2 aliphatic rings. The molecule has 5 rings (SSSR count). The van der Waals surface area contributed by atoms with Gasteiger partial charge in [0.25, 0.3) is 0 Å². The molecule has 3 heterocycles. The first-order valence-corrected chi connectivity index (χ1v) is 10.5. The summed E-state index contributed by atoms with van der Waals surface area (Å²) in [4.78, 5) is 14.0. The zero-order valence-electron chi connectivity index (χ0n) is 17.3. The molecule has 4 nitrogen and oxygen atoms in total. The Hall–Kier alpha value is -2.75. The van der Waals surface area contributed by atoms with E-state index in [1.54, 1.807) is 6.20 Å². The molecule has 4 heteroatoms. The lowest BCUT2D eigenvalue weighted by Crippen LogP contribution is -2.39. The van der Waals surface area contributed by atoms with E-state index in [9.17, 15) is 0 Å². The third-order valence-corrected chi connectivity index (χ3v) is 7.64. The second kappa shape index (κ2) is 6.65. The van der Waals surface area contributed by atoms with E-state index in [1.807, 2.05) is 54.6 Å². The van der Waals surface area contributed by atoms with Crippen LogP contribution in [0, 0.1) is 16.7 Å². The largest absolute Gasteiger partial charge is 0.474 e. The Morgan fingerprint density at radius 1 is 0.828 bits per heavy atom. The molecule has 3 aromatic heterocycles. The van der Waals surface area contributed by atoms with Crippen LogP contribution >= 0.6 is 0 Å². The number of fused-ring (bicyclic) bond motifs is 2. The Morgan fingerprint density at radius 3 is 2.17 bits per heavy atom. The third kappa shape index (κ3) is 2.93. The van der Waals surface area contributed by atoms with Crippen molar-refractivity contribution < 1.29 is 4.74 Å². The van der Waals surface area contributed by atoms with Crippen molar-refractivity contribution in [1.29, 1.82) is 0 Å². The lowest BCUT2D eigenvalue weighted by molar-refractivity contribution is 0.0274. The number of hydrogen-bond donors (Lipinski definition) is 0. The van der Waals surface area contributed by atoms with Gasteiger partial charge < -0.3 is 4.74 Å². The molecule has 0 aromatic carbocycles. The normalized spacial score (nSPS) is 27.1. The fourth-order valence-electron chi connectivity index (χ4n) is 5.31. The van der Waals surface area contributed by atoms with E-state index in [1.165, 1.54) is 12.8 Å².